The van der Waals surface area contributed by atoms with E-state index in [1.165, 1.54) is 4.90 Å². The minimum Gasteiger partial charge on any atom is -0.482 e. The maximum atomic E-state index is 11.9. The van der Waals surface area contributed by atoms with Gasteiger partial charge in [0.25, 0.3) is 5.91 Å². The molecule has 21 heavy (non-hydrogen) atoms. The highest BCUT2D eigenvalue weighted by Gasteiger charge is 2.25. The quantitative estimate of drug-likeness (QED) is 0.812. The molecule has 0 fully saturated rings. The lowest BCUT2D eigenvalue weighted by Gasteiger charge is -2.29. The molecule has 0 unspecified atom stereocenters. The topological polar surface area (TPSA) is 95.9 Å². The Kier molecular flexibility index (Phi) is 4.79. The number of hydrogen-bond donors (Lipinski definition) is 2. The molecule has 0 saturated heterocycles. The zero-order valence-corrected chi connectivity index (χ0v) is 12.6. The Balaban J connectivity index is 2.01. The van der Waals surface area contributed by atoms with Gasteiger partial charge in [0.2, 0.25) is 5.91 Å². The number of anilines is 1. The molecule has 7 nitrogen and oxygen atoms in total. The van der Waals surface area contributed by atoms with Gasteiger partial charge in [-0.2, -0.15) is 0 Å². The maximum absolute atomic E-state index is 11.9. The van der Waals surface area contributed by atoms with Crippen LogP contribution in [0.5, 0.6) is 5.75 Å². The third-order valence-corrected chi connectivity index (χ3v) is 3.36. The Labute approximate surface area is 129 Å². The molecule has 0 saturated carbocycles. The molecule has 1 heterocycles. The van der Waals surface area contributed by atoms with Crippen LogP contribution < -0.4 is 15.0 Å². The van der Waals surface area contributed by atoms with E-state index in [1.807, 2.05) is 0 Å². The highest BCUT2D eigenvalue weighted by atomic mass is 79.9. The predicted molar refractivity (Wildman–Crippen MR) is 77.3 cm³/mol. The van der Waals surface area contributed by atoms with E-state index >= 15 is 0 Å². The van der Waals surface area contributed by atoms with Crippen LogP contribution in [-0.2, 0) is 14.4 Å². The summed E-state index contributed by atoms with van der Waals surface area (Å²) in [6, 6.07) is 5.25. The van der Waals surface area contributed by atoms with Crippen LogP contribution in [0.2, 0.25) is 0 Å². The minimum absolute atomic E-state index is 0.0223. The first-order chi connectivity index (χ1) is 9.97. The first-order valence-corrected chi connectivity index (χ1v) is 6.98. The van der Waals surface area contributed by atoms with Crippen molar-refractivity contribution in [3.63, 3.8) is 0 Å². The van der Waals surface area contributed by atoms with Gasteiger partial charge in [-0.25, -0.2) is 0 Å². The summed E-state index contributed by atoms with van der Waals surface area (Å²) < 4.78 is 6.16. The van der Waals surface area contributed by atoms with Crippen molar-refractivity contribution < 1.29 is 24.2 Å². The van der Waals surface area contributed by atoms with Crippen LogP contribution in [-0.4, -0.2) is 42.6 Å². The molecule has 2 N–H and O–H groups in total. The second-order valence-electron chi connectivity index (χ2n) is 4.37. The zero-order chi connectivity index (χ0) is 15.4. The second-order valence-corrected chi connectivity index (χ2v) is 5.28. The Bertz CT molecular complexity index is 590. The van der Waals surface area contributed by atoms with Crippen LogP contribution in [0, 0.1) is 0 Å². The van der Waals surface area contributed by atoms with Crippen LogP contribution in [0.3, 0.4) is 0 Å². The number of carbonyl (C=O) groups excluding carboxylic acids is 2. The lowest BCUT2D eigenvalue weighted by Crippen LogP contribution is -2.41. The number of halogens is 1. The molecule has 1 aliphatic heterocycles. The fraction of sp³-hybridized carbons (Fsp3) is 0.308. The largest absolute Gasteiger partial charge is 0.482 e. The van der Waals surface area contributed by atoms with Crippen molar-refractivity contribution in [2.24, 2.45) is 0 Å². The number of rotatable bonds is 5. The Morgan fingerprint density at radius 3 is 2.90 bits per heavy atom. The number of carboxylic acids is 1. The van der Waals surface area contributed by atoms with Crippen molar-refractivity contribution in [2.45, 2.75) is 6.42 Å². The average molecular weight is 357 g/mol. The van der Waals surface area contributed by atoms with Gasteiger partial charge in [-0.1, -0.05) is 15.9 Å². The summed E-state index contributed by atoms with van der Waals surface area (Å²) in [6.07, 6.45) is 0.0223. The summed E-state index contributed by atoms with van der Waals surface area (Å²) in [5.41, 5.74) is 0.598. The number of hydrogen-bond acceptors (Lipinski definition) is 4. The van der Waals surface area contributed by atoms with Gasteiger partial charge >= 0.3 is 5.97 Å². The zero-order valence-electron chi connectivity index (χ0n) is 11.0. The summed E-state index contributed by atoms with van der Waals surface area (Å²) in [4.78, 5) is 35.2. The lowest BCUT2D eigenvalue weighted by atomic mass is 10.2. The van der Waals surface area contributed by atoms with Gasteiger partial charge in [0.1, 0.15) is 12.3 Å². The van der Waals surface area contributed by atoms with Crippen molar-refractivity contribution >= 4 is 39.4 Å². The summed E-state index contributed by atoms with van der Waals surface area (Å²) in [7, 11) is 0. The standard InChI is InChI=1S/C13H13BrN2O5/c14-8-1-2-9-10(5-8)21-7-12(18)16(9)4-3-11(17)15-6-13(19)20/h1-2,5H,3-4,6-7H2,(H,15,17)(H,19,20). The molecule has 2 rings (SSSR count). The van der Waals surface area contributed by atoms with E-state index in [2.05, 4.69) is 21.2 Å². The number of carbonyl (C=O) groups is 3. The molecule has 0 aromatic heterocycles. The van der Waals surface area contributed by atoms with Gasteiger partial charge in [-0.05, 0) is 18.2 Å². The predicted octanol–water partition coefficient (Wildman–Crippen LogP) is 0.765. The Morgan fingerprint density at radius 1 is 1.43 bits per heavy atom. The van der Waals surface area contributed by atoms with Crippen molar-refractivity contribution in [3.8, 4) is 5.75 Å². The normalized spacial score (nSPS) is 13.4. The number of nitrogens with zero attached hydrogens (tertiary/aromatic N) is 1. The van der Waals surface area contributed by atoms with E-state index < -0.39 is 18.4 Å². The molecule has 0 spiro atoms. The number of nitrogens with one attached hydrogen (secondary N) is 1. The highest BCUT2D eigenvalue weighted by molar-refractivity contribution is 9.10. The van der Waals surface area contributed by atoms with Crippen LogP contribution in [0.1, 0.15) is 6.42 Å². The summed E-state index contributed by atoms with van der Waals surface area (Å²) >= 11 is 3.32. The highest BCUT2D eigenvalue weighted by Crippen LogP contribution is 2.34. The molecule has 8 heteroatoms. The summed E-state index contributed by atoms with van der Waals surface area (Å²) in [6.45, 7) is -0.345. The van der Waals surface area contributed by atoms with E-state index in [9.17, 15) is 14.4 Å². The first-order valence-electron chi connectivity index (χ1n) is 6.18. The summed E-state index contributed by atoms with van der Waals surface area (Å²) in [5.74, 6) is -1.21. The molecule has 1 aliphatic rings. The van der Waals surface area contributed by atoms with E-state index in [0.717, 1.165) is 4.47 Å². The third kappa shape index (κ3) is 3.94. The molecule has 2 amide bonds. The average Bonchev–Trinajstić information content (AvgIpc) is 2.44. The molecule has 0 bridgehead atoms. The molecule has 1 aromatic rings. The second kappa shape index (κ2) is 6.57. The first kappa shape index (κ1) is 15.3. The number of fused-ring (bicyclic) bond motifs is 1. The van der Waals surface area contributed by atoms with E-state index in [0.29, 0.717) is 11.4 Å². The molecular weight excluding hydrogens is 344 g/mol. The fourth-order valence-electron chi connectivity index (χ4n) is 1.90. The summed E-state index contributed by atoms with van der Waals surface area (Å²) in [5, 5.41) is 10.7. The number of ether oxygens (including phenoxy) is 1. The molecule has 1 aromatic carbocycles. The van der Waals surface area contributed by atoms with Crippen molar-refractivity contribution in [1.29, 1.82) is 0 Å². The smallest absolute Gasteiger partial charge is 0.322 e. The number of benzene rings is 1. The van der Waals surface area contributed by atoms with Gasteiger partial charge in [0, 0.05) is 17.4 Å². The van der Waals surface area contributed by atoms with Crippen molar-refractivity contribution in [3.05, 3.63) is 22.7 Å². The van der Waals surface area contributed by atoms with Crippen LogP contribution >= 0.6 is 15.9 Å². The Morgan fingerprint density at radius 2 is 2.19 bits per heavy atom. The van der Waals surface area contributed by atoms with Gasteiger partial charge in [-0.3, -0.25) is 14.4 Å². The monoisotopic (exact) mass is 356 g/mol. The number of amides is 2. The molecular formula is C13H13BrN2O5. The molecule has 0 atom stereocenters. The number of carboxylic acid groups (broad SMARTS) is 1. The molecule has 0 aliphatic carbocycles. The maximum Gasteiger partial charge on any atom is 0.322 e. The van der Waals surface area contributed by atoms with Gasteiger partial charge in [0.05, 0.1) is 5.69 Å². The van der Waals surface area contributed by atoms with Crippen LogP contribution in [0.4, 0.5) is 5.69 Å². The third-order valence-electron chi connectivity index (χ3n) is 2.86. The minimum atomic E-state index is -1.11. The van der Waals surface area contributed by atoms with Gasteiger partial charge < -0.3 is 20.1 Å². The van der Waals surface area contributed by atoms with Crippen molar-refractivity contribution in [2.75, 3.05) is 24.6 Å². The van der Waals surface area contributed by atoms with E-state index in [4.69, 9.17) is 9.84 Å². The van der Waals surface area contributed by atoms with E-state index in [1.54, 1.807) is 18.2 Å². The van der Waals surface area contributed by atoms with Crippen LogP contribution in [0.15, 0.2) is 22.7 Å². The number of aliphatic carboxylic acids is 1. The van der Waals surface area contributed by atoms with E-state index in [-0.39, 0.29) is 25.5 Å². The Hall–Kier alpha value is -2.09. The molecule has 112 valence electrons. The molecule has 0 radical (unpaired) electrons. The van der Waals surface area contributed by atoms with Crippen molar-refractivity contribution in [1.82, 2.24) is 5.32 Å². The van der Waals surface area contributed by atoms with Gasteiger partial charge in [-0.15, -0.1) is 0 Å². The SMILES string of the molecule is O=C(O)CNC(=O)CCN1C(=O)COc2cc(Br)ccc21. The van der Waals surface area contributed by atoms with Gasteiger partial charge in [0.15, 0.2) is 6.61 Å². The fourth-order valence-corrected chi connectivity index (χ4v) is 2.24. The van der Waals surface area contributed by atoms with Crippen LogP contribution in [0.25, 0.3) is 0 Å². The lowest BCUT2D eigenvalue weighted by molar-refractivity contribution is -0.138.